The van der Waals surface area contributed by atoms with Crippen LogP contribution in [-0.4, -0.2) is 0 Å². The van der Waals surface area contributed by atoms with Gasteiger partial charge in [0.2, 0.25) is 0 Å². The molecule has 0 saturated carbocycles. The minimum Gasteiger partial charge on any atom is -0.463 e. The zero-order valence-corrected chi connectivity index (χ0v) is 6.71. The average Bonchev–Trinajstić information content (AvgIpc) is 2.50. The Balaban J connectivity index is 2.71. The molecule has 4 N–H and O–H groups in total. The second kappa shape index (κ2) is 3.55. The lowest BCUT2D eigenvalue weighted by Gasteiger charge is -2.02. The van der Waals surface area contributed by atoms with E-state index >= 15 is 0 Å². The molecule has 1 heterocycles. The van der Waals surface area contributed by atoms with Gasteiger partial charge in [-0.3, -0.25) is 0 Å². The fraction of sp³-hybridized carbons (Fsp3) is 0.500. The summed E-state index contributed by atoms with van der Waals surface area (Å²) in [5.74, 6) is 1.62. The Labute approximate surface area is 66.4 Å². The van der Waals surface area contributed by atoms with E-state index in [2.05, 4.69) is 0 Å². The van der Waals surface area contributed by atoms with Crippen molar-refractivity contribution >= 4 is 0 Å². The van der Waals surface area contributed by atoms with Crippen LogP contribution < -0.4 is 11.5 Å². The molecule has 0 radical (unpaired) electrons. The summed E-state index contributed by atoms with van der Waals surface area (Å²) in [6, 6.07) is 3.76. The lowest BCUT2D eigenvalue weighted by molar-refractivity contribution is 0.429. The predicted molar refractivity (Wildman–Crippen MR) is 43.8 cm³/mol. The molecule has 0 bridgehead atoms. The van der Waals surface area contributed by atoms with Gasteiger partial charge in [-0.1, -0.05) is 6.92 Å². The largest absolute Gasteiger partial charge is 0.463 e. The van der Waals surface area contributed by atoms with Crippen molar-refractivity contribution in [3.05, 3.63) is 23.7 Å². The molecule has 0 aromatic carbocycles. The molecule has 11 heavy (non-hydrogen) atoms. The molecule has 1 atom stereocenters. The van der Waals surface area contributed by atoms with Crippen LogP contribution in [0.1, 0.15) is 30.9 Å². The van der Waals surface area contributed by atoms with Crippen LogP contribution in [0.3, 0.4) is 0 Å². The summed E-state index contributed by atoms with van der Waals surface area (Å²) in [6.07, 6.45) is 0.886. The fourth-order valence-electron chi connectivity index (χ4n) is 0.905. The maximum atomic E-state index is 5.73. The SMILES string of the molecule is CCC(N)c1ccc(CN)o1. The van der Waals surface area contributed by atoms with E-state index < -0.39 is 0 Å². The van der Waals surface area contributed by atoms with Crippen molar-refractivity contribution in [3.63, 3.8) is 0 Å². The van der Waals surface area contributed by atoms with E-state index in [4.69, 9.17) is 15.9 Å². The maximum absolute atomic E-state index is 5.73. The highest BCUT2D eigenvalue weighted by molar-refractivity contribution is 5.09. The van der Waals surface area contributed by atoms with E-state index in [0.717, 1.165) is 17.9 Å². The van der Waals surface area contributed by atoms with Gasteiger partial charge in [0, 0.05) is 0 Å². The maximum Gasteiger partial charge on any atom is 0.120 e. The summed E-state index contributed by atoms with van der Waals surface area (Å²) >= 11 is 0. The zero-order valence-electron chi connectivity index (χ0n) is 6.71. The molecule has 0 fully saturated rings. The Kier molecular flexibility index (Phi) is 2.68. The number of hydrogen-bond acceptors (Lipinski definition) is 3. The van der Waals surface area contributed by atoms with Crippen molar-refractivity contribution in [2.45, 2.75) is 25.9 Å². The second-order valence-corrected chi connectivity index (χ2v) is 2.52. The van der Waals surface area contributed by atoms with Gasteiger partial charge in [0.05, 0.1) is 12.6 Å². The smallest absolute Gasteiger partial charge is 0.120 e. The molecule has 0 aliphatic carbocycles. The summed E-state index contributed by atoms with van der Waals surface area (Å²) in [6.45, 7) is 2.46. The first-order chi connectivity index (χ1) is 5.27. The van der Waals surface area contributed by atoms with Gasteiger partial charge >= 0.3 is 0 Å². The van der Waals surface area contributed by atoms with Crippen molar-refractivity contribution in [2.24, 2.45) is 11.5 Å². The quantitative estimate of drug-likeness (QED) is 0.686. The number of nitrogens with two attached hydrogens (primary N) is 2. The van der Waals surface area contributed by atoms with Crippen molar-refractivity contribution in [3.8, 4) is 0 Å². The highest BCUT2D eigenvalue weighted by atomic mass is 16.3. The Morgan fingerprint density at radius 3 is 2.73 bits per heavy atom. The summed E-state index contributed by atoms with van der Waals surface area (Å²) in [7, 11) is 0. The van der Waals surface area contributed by atoms with E-state index in [9.17, 15) is 0 Å². The van der Waals surface area contributed by atoms with Gasteiger partial charge in [-0.15, -0.1) is 0 Å². The Morgan fingerprint density at radius 1 is 1.55 bits per heavy atom. The second-order valence-electron chi connectivity index (χ2n) is 2.52. The van der Waals surface area contributed by atoms with Crippen molar-refractivity contribution in [1.82, 2.24) is 0 Å². The number of rotatable bonds is 3. The normalized spacial score (nSPS) is 13.4. The topological polar surface area (TPSA) is 65.2 Å². The van der Waals surface area contributed by atoms with Crippen LogP contribution in [0.25, 0.3) is 0 Å². The molecule has 0 amide bonds. The summed E-state index contributed by atoms with van der Waals surface area (Å²) in [5.41, 5.74) is 11.1. The van der Waals surface area contributed by atoms with E-state index in [1.807, 2.05) is 19.1 Å². The van der Waals surface area contributed by atoms with Crippen molar-refractivity contribution < 1.29 is 4.42 Å². The first kappa shape index (κ1) is 8.30. The molecule has 1 aromatic rings. The lowest BCUT2D eigenvalue weighted by Crippen LogP contribution is -2.07. The third kappa shape index (κ3) is 1.82. The van der Waals surface area contributed by atoms with Crippen LogP contribution in [-0.2, 0) is 6.54 Å². The minimum atomic E-state index is 0.00954. The van der Waals surface area contributed by atoms with Gasteiger partial charge in [0.15, 0.2) is 0 Å². The predicted octanol–water partition coefficient (Wildman–Crippen LogP) is 1.15. The van der Waals surface area contributed by atoms with Crippen molar-refractivity contribution in [2.75, 3.05) is 0 Å². The molecule has 1 rings (SSSR count). The van der Waals surface area contributed by atoms with Crippen LogP contribution in [0.4, 0.5) is 0 Å². The standard InChI is InChI=1S/C8H14N2O/c1-2-7(10)8-4-3-6(5-9)11-8/h3-4,7H,2,5,9-10H2,1H3. The number of hydrogen-bond donors (Lipinski definition) is 2. The van der Waals surface area contributed by atoms with Gasteiger partial charge < -0.3 is 15.9 Å². The first-order valence-corrected chi connectivity index (χ1v) is 3.82. The Bertz CT molecular complexity index is 220. The molecular formula is C8H14N2O. The molecule has 3 nitrogen and oxygen atoms in total. The molecular weight excluding hydrogens is 140 g/mol. The molecule has 3 heteroatoms. The molecule has 1 unspecified atom stereocenters. The molecule has 0 saturated heterocycles. The third-order valence-corrected chi connectivity index (χ3v) is 1.69. The minimum absolute atomic E-state index is 0.00954. The van der Waals surface area contributed by atoms with Gasteiger partial charge in [0.25, 0.3) is 0 Å². The molecule has 0 aliphatic heterocycles. The van der Waals surface area contributed by atoms with Crippen LogP contribution in [0.2, 0.25) is 0 Å². The first-order valence-electron chi connectivity index (χ1n) is 3.82. The van der Waals surface area contributed by atoms with Gasteiger partial charge in [-0.25, -0.2) is 0 Å². The van der Waals surface area contributed by atoms with Crippen LogP contribution in [0, 0.1) is 0 Å². The summed E-state index contributed by atoms with van der Waals surface area (Å²) in [4.78, 5) is 0. The van der Waals surface area contributed by atoms with E-state index in [0.29, 0.717) is 6.54 Å². The highest BCUT2D eigenvalue weighted by Gasteiger charge is 2.07. The summed E-state index contributed by atoms with van der Waals surface area (Å²) in [5, 5.41) is 0. The van der Waals surface area contributed by atoms with E-state index in [1.54, 1.807) is 0 Å². The van der Waals surface area contributed by atoms with Gasteiger partial charge in [-0.05, 0) is 18.6 Å². The monoisotopic (exact) mass is 154 g/mol. The molecule has 1 aromatic heterocycles. The molecule has 62 valence electrons. The molecule has 0 aliphatic rings. The van der Waals surface area contributed by atoms with Gasteiger partial charge in [-0.2, -0.15) is 0 Å². The van der Waals surface area contributed by atoms with E-state index in [1.165, 1.54) is 0 Å². The van der Waals surface area contributed by atoms with Crippen LogP contribution in [0.15, 0.2) is 16.5 Å². The average molecular weight is 154 g/mol. The van der Waals surface area contributed by atoms with Crippen molar-refractivity contribution in [1.29, 1.82) is 0 Å². The van der Waals surface area contributed by atoms with E-state index in [-0.39, 0.29) is 6.04 Å². The highest BCUT2D eigenvalue weighted by Crippen LogP contribution is 2.16. The Morgan fingerprint density at radius 2 is 2.27 bits per heavy atom. The molecule has 0 spiro atoms. The summed E-state index contributed by atoms with van der Waals surface area (Å²) < 4.78 is 5.34. The van der Waals surface area contributed by atoms with Crippen LogP contribution >= 0.6 is 0 Å². The third-order valence-electron chi connectivity index (χ3n) is 1.69. The fourth-order valence-corrected chi connectivity index (χ4v) is 0.905. The van der Waals surface area contributed by atoms with Gasteiger partial charge in [0.1, 0.15) is 11.5 Å². The zero-order chi connectivity index (χ0) is 8.27. The lowest BCUT2D eigenvalue weighted by atomic mass is 10.2. The number of furan rings is 1. The Hall–Kier alpha value is -0.800. The van der Waals surface area contributed by atoms with Crippen LogP contribution in [0.5, 0.6) is 0 Å².